The van der Waals surface area contributed by atoms with Crippen LogP contribution in [0.2, 0.25) is 0 Å². The number of hydrogen-bond acceptors (Lipinski definition) is 6. The normalized spacial score (nSPS) is 13.7. The van der Waals surface area contributed by atoms with E-state index in [1.54, 1.807) is 30.3 Å². The molecular weight excluding hydrogens is 536 g/mol. The number of ether oxygens (including phenoxy) is 1. The number of anilines is 1. The van der Waals surface area contributed by atoms with Crippen LogP contribution < -0.4 is 9.46 Å². The van der Waals surface area contributed by atoms with Gasteiger partial charge in [0.15, 0.2) is 5.78 Å². The maximum atomic E-state index is 13.8. The van der Waals surface area contributed by atoms with E-state index in [1.165, 1.54) is 25.7 Å². The average Bonchev–Trinajstić information content (AvgIpc) is 3.78. The molecular formula is C33H46N2O5S. The zero-order valence-electron chi connectivity index (χ0n) is 24.9. The van der Waals surface area contributed by atoms with Gasteiger partial charge in [0.1, 0.15) is 17.1 Å². The lowest BCUT2D eigenvalue weighted by molar-refractivity contribution is 0.103. The molecule has 0 bridgehead atoms. The summed E-state index contributed by atoms with van der Waals surface area (Å²) < 4.78 is 39.8. The topological polar surface area (TPSA) is 88.8 Å². The van der Waals surface area contributed by atoms with Gasteiger partial charge in [0, 0.05) is 29.6 Å². The fraction of sp³-hybridized carbons (Fsp3) is 0.545. The zero-order chi connectivity index (χ0) is 29.2. The molecule has 0 saturated heterocycles. The second-order valence-electron chi connectivity index (χ2n) is 11.2. The van der Waals surface area contributed by atoms with Gasteiger partial charge < -0.3 is 14.1 Å². The highest BCUT2D eigenvalue weighted by atomic mass is 32.2. The molecule has 1 aromatic heterocycles. The van der Waals surface area contributed by atoms with Crippen LogP contribution in [-0.4, -0.2) is 50.6 Å². The number of fused-ring (bicyclic) bond motifs is 1. The molecule has 4 rings (SSSR count). The van der Waals surface area contributed by atoms with E-state index in [-0.39, 0.29) is 11.0 Å². The quantitative estimate of drug-likeness (QED) is 0.116. The third-order valence-electron chi connectivity index (χ3n) is 7.63. The van der Waals surface area contributed by atoms with Crippen LogP contribution >= 0.6 is 0 Å². The lowest BCUT2D eigenvalue weighted by Gasteiger charge is -2.21. The van der Waals surface area contributed by atoms with Gasteiger partial charge in [-0.3, -0.25) is 9.52 Å². The summed E-state index contributed by atoms with van der Waals surface area (Å²) in [6.07, 6.45) is 9.70. The van der Waals surface area contributed by atoms with Gasteiger partial charge in [-0.2, -0.15) is 0 Å². The molecule has 2 aromatic carbocycles. The minimum absolute atomic E-state index is 0.133. The summed E-state index contributed by atoms with van der Waals surface area (Å²) in [5, 5.41) is 0.304. The molecule has 7 nitrogen and oxygen atoms in total. The Hall–Kier alpha value is -2.84. The van der Waals surface area contributed by atoms with Crippen molar-refractivity contribution in [3.05, 3.63) is 59.4 Å². The minimum atomic E-state index is -3.41. The van der Waals surface area contributed by atoms with E-state index in [1.807, 2.05) is 12.1 Å². The highest BCUT2D eigenvalue weighted by molar-refractivity contribution is 7.93. The van der Waals surface area contributed by atoms with Crippen LogP contribution in [0.5, 0.6) is 5.75 Å². The Labute approximate surface area is 245 Å². The minimum Gasteiger partial charge on any atom is -0.494 e. The standard InChI is InChI=1S/C33H46N2O5S/c1-4-7-11-31-32(29-24-26(14-19-30(29)40-31)34-41(37,38)28-17-18-28)33(36)25-12-15-27(16-13-25)39-23-10-22-35(20-8-5-2)21-9-6-3/h12-16,19,24,28,34H,4-11,17-18,20-23H2,1-3H3. The summed E-state index contributed by atoms with van der Waals surface area (Å²) in [5.74, 6) is 1.26. The second kappa shape index (κ2) is 14.9. The van der Waals surface area contributed by atoms with E-state index < -0.39 is 10.0 Å². The van der Waals surface area contributed by atoms with Gasteiger partial charge >= 0.3 is 0 Å². The maximum absolute atomic E-state index is 13.8. The molecule has 8 heteroatoms. The molecule has 1 aliphatic rings. The number of furan rings is 1. The largest absolute Gasteiger partial charge is 0.494 e. The number of carbonyl (C=O) groups excluding carboxylic acids is 1. The lowest BCUT2D eigenvalue weighted by atomic mass is 9.98. The van der Waals surface area contributed by atoms with E-state index in [0.29, 0.717) is 59.4 Å². The summed E-state index contributed by atoms with van der Waals surface area (Å²) in [4.78, 5) is 16.3. The molecule has 0 amide bonds. The van der Waals surface area contributed by atoms with Crippen molar-refractivity contribution in [3.63, 3.8) is 0 Å². The summed E-state index contributed by atoms with van der Waals surface area (Å²) in [7, 11) is -3.41. The van der Waals surface area contributed by atoms with E-state index in [2.05, 4.69) is 30.4 Å². The van der Waals surface area contributed by atoms with Gasteiger partial charge in [-0.05, 0) is 94.1 Å². The van der Waals surface area contributed by atoms with Crippen LogP contribution in [0.25, 0.3) is 11.0 Å². The number of sulfonamides is 1. The van der Waals surface area contributed by atoms with Crippen molar-refractivity contribution in [2.45, 2.75) is 90.2 Å². The SMILES string of the molecule is CCCCc1oc2ccc(NS(=O)(=O)C3CC3)cc2c1C(=O)c1ccc(OCCCN(CCCC)CCCC)cc1. The fourth-order valence-corrected chi connectivity index (χ4v) is 6.40. The van der Waals surface area contributed by atoms with Crippen LogP contribution in [-0.2, 0) is 16.4 Å². The lowest BCUT2D eigenvalue weighted by Crippen LogP contribution is -2.28. The van der Waals surface area contributed by atoms with E-state index in [0.717, 1.165) is 44.6 Å². The molecule has 3 aromatic rings. The predicted octanol–water partition coefficient (Wildman–Crippen LogP) is 7.58. The van der Waals surface area contributed by atoms with Crippen molar-refractivity contribution in [1.82, 2.24) is 4.90 Å². The number of nitrogens with zero attached hydrogens (tertiary/aromatic N) is 1. The number of hydrogen-bond donors (Lipinski definition) is 1. The Morgan fingerprint density at radius 2 is 1.59 bits per heavy atom. The van der Waals surface area contributed by atoms with Crippen molar-refractivity contribution in [3.8, 4) is 5.75 Å². The molecule has 0 spiro atoms. The van der Waals surface area contributed by atoms with Crippen molar-refractivity contribution < 1.29 is 22.4 Å². The first kappa shape index (κ1) is 31.1. The Kier molecular flexibility index (Phi) is 11.3. The van der Waals surface area contributed by atoms with Crippen molar-refractivity contribution in [2.24, 2.45) is 0 Å². The van der Waals surface area contributed by atoms with Gasteiger partial charge in [-0.25, -0.2) is 8.42 Å². The first-order chi connectivity index (χ1) is 19.9. The maximum Gasteiger partial charge on any atom is 0.235 e. The number of unbranched alkanes of at least 4 members (excludes halogenated alkanes) is 3. The summed E-state index contributed by atoms with van der Waals surface area (Å²) in [6.45, 7) is 10.5. The smallest absolute Gasteiger partial charge is 0.235 e. The number of ketones is 1. The molecule has 1 aliphatic carbocycles. The number of aryl methyl sites for hydroxylation is 1. The highest BCUT2D eigenvalue weighted by Crippen LogP contribution is 2.34. The van der Waals surface area contributed by atoms with Crippen LogP contribution in [0.15, 0.2) is 46.9 Å². The van der Waals surface area contributed by atoms with E-state index in [9.17, 15) is 13.2 Å². The first-order valence-corrected chi connectivity index (χ1v) is 17.0. The summed E-state index contributed by atoms with van der Waals surface area (Å²) in [5.41, 5.74) is 2.09. The molecule has 0 unspecified atom stereocenters. The number of carbonyl (C=O) groups is 1. The summed E-state index contributed by atoms with van der Waals surface area (Å²) >= 11 is 0. The molecule has 1 heterocycles. The van der Waals surface area contributed by atoms with Gasteiger partial charge in [0.25, 0.3) is 0 Å². The molecule has 0 atom stereocenters. The van der Waals surface area contributed by atoms with Crippen molar-refractivity contribution in [2.75, 3.05) is 31.0 Å². The molecule has 0 aliphatic heterocycles. The molecule has 41 heavy (non-hydrogen) atoms. The highest BCUT2D eigenvalue weighted by Gasteiger charge is 2.36. The Morgan fingerprint density at radius 1 is 0.927 bits per heavy atom. The van der Waals surface area contributed by atoms with Gasteiger partial charge in [0.05, 0.1) is 17.4 Å². The Balaban J connectivity index is 1.45. The van der Waals surface area contributed by atoms with E-state index >= 15 is 0 Å². The van der Waals surface area contributed by atoms with Crippen molar-refractivity contribution >= 4 is 32.5 Å². The zero-order valence-corrected chi connectivity index (χ0v) is 25.7. The fourth-order valence-electron chi connectivity index (χ4n) is 5.02. The van der Waals surface area contributed by atoms with Crippen LogP contribution in [0.1, 0.15) is 100 Å². The van der Waals surface area contributed by atoms with Gasteiger partial charge in [-0.15, -0.1) is 0 Å². The molecule has 0 radical (unpaired) electrons. The molecule has 1 saturated carbocycles. The molecule has 1 fully saturated rings. The van der Waals surface area contributed by atoms with Gasteiger partial charge in [-0.1, -0.05) is 40.0 Å². The van der Waals surface area contributed by atoms with Crippen molar-refractivity contribution in [1.29, 1.82) is 0 Å². The Morgan fingerprint density at radius 3 is 2.22 bits per heavy atom. The van der Waals surface area contributed by atoms with E-state index in [4.69, 9.17) is 9.15 Å². The molecule has 1 N–H and O–H groups in total. The third kappa shape index (κ3) is 8.58. The van der Waals surface area contributed by atoms with Gasteiger partial charge in [0.2, 0.25) is 10.0 Å². The predicted molar refractivity (Wildman–Crippen MR) is 167 cm³/mol. The van der Waals surface area contributed by atoms with Crippen LogP contribution in [0.3, 0.4) is 0 Å². The van der Waals surface area contributed by atoms with Crippen LogP contribution in [0, 0.1) is 0 Å². The first-order valence-electron chi connectivity index (χ1n) is 15.4. The average molecular weight is 583 g/mol. The number of nitrogens with one attached hydrogen (secondary N) is 1. The Bertz CT molecular complexity index is 1370. The van der Waals surface area contributed by atoms with Crippen LogP contribution in [0.4, 0.5) is 5.69 Å². The monoisotopic (exact) mass is 582 g/mol. The third-order valence-corrected chi connectivity index (χ3v) is 9.50. The number of benzene rings is 2. The summed E-state index contributed by atoms with van der Waals surface area (Å²) in [6, 6.07) is 12.5. The number of rotatable bonds is 19. The molecule has 224 valence electrons. The second-order valence-corrected chi connectivity index (χ2v) is 13.1.